The highest BCUT2D eigenvalue weighted by Crippen LogP contribution is 2.18. The van der Waals surface area contributed by atoms with Crippen LogP contribution in [0.15, 0.2) is 0 Å². The molecule has 1 amide bonds. The van der Waals surface area contributed by atoms with Crippen molar-refractivity contribution >= 4 is 11.9 Å². The first kappa shape index (κ1) is 15.0. The molecule has 5 nitrogen and oxygen atoms in total. The molecule has 1 heterocycles. The second-order valence-corrected chi connectivity index (χ2v) is 5.82. The Morgan fingerprint density at radius 2 is 1.83 bits per heavy atom. The second kappa shape index (κ2) is 6.18. The fourth-order valence-electron chi connectivity index (χ4n) is 2.16. The van der Waals surface area contributed by atoms with E-state index in [-0.39, 0.29) is 11.7 Å². The number of rotatable bonds is 3. The Labute approximate surface area is 109 Å². The van der Waals surface area contributed by atoms with Crippen LogP contribution in [0.1, 0.15) is 40.5 Å². The number of ketones is 1. The van der Waals surface area contributed by atoms with Gasteiger partial charge >= 0.3 is 6.09 Å². The molecular weight excluding hydrogens is 232 g/mol. The SMILES string of the molecule is CC(=O)C(NC(=O)OC(C)(C)C)C1CCNCC1. The third kappa shape index (κ3) is 5.04. The normalized spacial score (nSPS) is 19.1. The third-order valence-electron chi connectivity index (χ3n) is 2.97. The summed E-state index contributed by atoms with van der Waals surface area (Å²) in [5.74, 6) is 0.198. The van der Waals surface area contributed by atoms with Gasteiger partial charge in [-0.25, -0.2) is 4.79 Å². The van der Waals surface area contributed by atoms with Gasteiger partial charge < -0.3 is 15.4 Å². The molecule has 1 aliphatic heterocycles. The zero-order valence-corrected chi connectivity index (χ0v) is 11.7. The number of carbonyl (C=O) groups is 2. The number of nitrogens with one attached hydrogen (secondary N) is 2. The van der Waals surface area contributed by atoms with Gasteiger partial charge in [-0.15, -0.1) is 0 Å². The molecule has 0 aromatic rings. The van der Waals surface area contributed by atoms with Gasteiger partial charge in [-0.2, -0.15) is 0 Å². The fraction of sp³-hybridized carbons (Fsp3) is 0.846. The molecule has 0 radical (unpaired) electrons. The van der Waals surface area contributed by atoms with Crippen LogP contribution in [0.4, 0.5) is 4.79 Å². The minimum atomic E-state index is -0.542. The van der Waals surface area contributed by atoms with Crippen molar-refractivity contribution in [1.29, 1.82) is 0 Å². The van der Waals surface area contributed by atoms with E-state index >= 15 is 0 Å². The summed E-state index contributed by atoms with van der Waals surface area (Å²) in [4.78, 5) is 23.4. The van der Waals surface area contributed by atoms with Crippen molar-refractivity contribution in [3.63, 3.8) is 0 Å². The lowest BCUT2D eigenvalue weighted by atomic mass is 9.88. The average molecular weight is 256 g/mol. The van der Waals surface area contributed by atoms with E-state index in [0.29, 0.717) is 0 Å². The average Bonchev–Trinajstić information content (AvgIpc) is 2.24. The van der Waals surface area contributed by atoms with E-state index in [1.165, 1.54) is 6.92 Å². The van der Waals surface area contributed by atoms with Crippen LogP contribution < -0.4 is 10.6 Å². The maximum atomic E-state index is 11.7. The molecule has 0 saturated carbocycles. The van der Waals surface area contributed by atoms with E-state index in [0.717, 1.165) is 25.9 Å². The van der Waals surface area contributed by atoms with Crippen molar-refractivity contribution in [3.8, 4) is 0 Å². The number of hydrogen-bond donors (Lipinski definition) is 2. The van der Waals surface area contributed by atoms with Crippen LogP contribution in [0, 0.1) is 5.92 Å². The van der Waals surface area contributed by atoms with Crippen molar-refractivity contribution < 1.29 is 14.3 Å². The number of amides is 1. The van der Waals surface area contributed by atoms with Crippen LogP contribution in [-0.2, 0) is 9.53 Å². The summed E-state index contributed by atoms with van der Waals surface area (Å²) < 4.78 is 5.19. The van der Waals surface area contributed by atoms with E-state index in [1.807, 2.05) is 0 Å². The molecule has 1 unspecified atom stereocenters. The number of Topliss-reactive ketones (excluding diaryl/α,β-unsaturated/α-hetero) is 1. The first-order valence-corrected chi connectivity index (χ1v) is 6.50. The molecule has 0 spiro atoms. The Morgan fingerprint density at radius 3 is 2.28 bits per heavy atom. The molecule has 5 heteroatoms. The molecule has 0 bridgehead atoms. The lowest BCUT2D eigenvalue weighted by Gasteiger charge is -2.30. The molecule has 0 aromatic carbocycles. The van der Waals surface area contributed by atoms with E-state index < -0.39 is 17.7 Å². The molecule has 0 aromatic heterocycles. The first-order chi connectivity index (χ1) is 8.29. The van der Waals surface area contributed by atoms with Gasteiger partial charge in [0.25, 0.3) is 0 Å². The Kier molecular flexibility index (Phi) is 5.14. The van der Waals surface area contributed by atoms with Gasteiger partial charge in [0, 0.05) is 0 Å². The molecule has 0 aliphatic carbocycles. The topological polar surface area (TPSA) is 67.4 Å². The van der Waals surface area contributed by atoms with Crippen LogP contribution in [0.2, 0.25) is 0 Å². The standard InChI is InChI=1S/C13H24N2O3/c1-9(16)11(10-5-7-14-8-6-10)15-12(17)18-13(2,3)4/h10-11,14H,5-8H2,1-4H3,(H,15,17). The monoisotopic (exact) mass is 256 g/mol. The van der Waals surface area contributed by atoms with Gasteiger partial charge in [0.05, 0.1) is 6.04 Å². The number of ether oxygens (including phenoxy) is 1. The Hall–Kier alpha value is -1.10. The Balaban J connectivity index is 2.57. The van der Waals surface area contributed by atoms with Gasteiger partial charge in [-0.05, 0) is 59.5 Å². The summed E-state index contributed by atoms with van der Waals surface area (Å²) in [5.41, 5.74) is -0.542. The number of carbonyl (C=O) groups excluding carboxylic acids is 2. The molecule has 1 aliphatic rings. The first-order valence-electron chi connectivity index (χ1n) is 6.50. The van der Waals surface area contributed by atoms with E-state index in [1.54, 1.807) is 20.8 Å². The molecule has 1 atom stereocenters. The van der Waals surface area contributed by atoms with Crippen molar-refractivity contribution in [2.75, 3.05) is 13.1 Å². The van der Waals surface area contributed by atoms with Crippen molar-refractivity contribution in [3.05, 3.63) is 0 Å². The largest absolute Gasteiger partial charge is 0.444 e. The highest BCUT2D eigenvalue weighted by molar-refractivity contribution is 5.85. The van der Waals surface area contributed by atoms with Crippen LogP contribution >= 0.6 is 0 Å². The maximum Gasteiger partial charge on any atom is 0.408 e. The zero-order chi connectivity index (χ0) is 13.8. The number of piperidine rings is 1. The van der Waals surface area contributed by atoms with Gasteiger partial charge in [-0.1, -0.05) is 0 Å². The van der Waals surface area contributed by atoms with Crippen molar-refractivity contribution in [2.45, 2.75) is 52.2 Å². The van der Waals surface area contributed by atoms with Crippen LogP contribution in [-0.4, -0.2) is 36.6 Å². The Morgan fingerprint density at radius 1 is 1.28 bits per heavy atom. The fourth-order valence-corrected chi connectivity index (χ4v) is 2.16. The molecule has 18 heavy (non-hydrogen) atoms. The van der Waals surface area contributed by atoms with Gasteiger partial charge in [0.15, 0.2) is 5.78 Å². The predicted molar refractivity (Wildman–Crippen MR) is 69.4 cm³/mol. The highest BCUT2D eigenvalue weighted by Gasteiger charge is 2.29. The van der Waals surface area contributed by atoms with E-state index in [9.17, 15) is 9.59 Å². The summed E-state index contributed by atoms with van der Waals surface area (Å²) in [6.45, 7) is 8.72. The minimum absolute atomic E-state index is 0.00670. The number of hydrogen-bond acceptors (Lipinski definition) is 4. The quantitative estimate of drug-likeness (QED) is 0.802. The summed E-state index contributed by atoms with van der Waals surface area (Å²) in [5, 5.41) is 5.95. The van der Waals surface area contributed by atoms with E-state index in [2.05, 4.69) is 10.6 Å². The van der Waals surface area contributed by atoms with Crippen molar-refractivity contribution in [2.24, 2.45) is 5.92 Å². The van der Waals surface area contributed by atoms with Gasteiger partial charge in [0.1, 0.15) is 5.60 Å². The summed E-state index contributed by atoms with van der Waals surface area (Å²) >= 11 is 0. The van der Waals surface area contributed by atoms with Crippen molar-refractivity contribution in [1.82, 2.24) is 10.6 Å². The van der Waals surface area contributed by atoms with Gasteiger partial charge in [0.2, 0.25) is 0 Å². The Bertz CT molecular complexity index is 304. The van der Waals surface area contributed by atoms with E-state index in [4.69, 9.17) is 4.74 Å². The zero-order valence-electron chi connectivity index (χ0n) is 11.7. The maximum absolute atomic E-state index is 11.7. The molecular formula is C13H24N2O3. The lowest BCUT2D eigenvalue weighted by molar-refractivity contribution is -0.120. The molecule has 104 valence electrons. The lowest BCUT2D eigenvalue weighted by Crippen LogP contribution is -2.49. The second-order valence-electron chi connectivity index (χ2n) is 5.82. The summed E-state index contributed by atoms with van der Waals surface area (Å²) in [6, 6.07) is -0.429. The molecule has 1 rings (SSSR count). The van der Waals surface area contributed by atoms with Crippen LogP contribution in [0.5, 0.6) is 0 Å². The summed E-state index contributed by atoms with van der Waals surface area (Å²) in [7, 11) is 0. The third-order valence-corrected chi connectivity index (χ3v) is 2.97. The minimum Gasteiger partial charge on any atom is -0.444 e. The van der Waals surface area contributed by atoms with Gasteiger partial charge in [-0.3, -0.25) is 4.79 Å². The van der Waals surface area contributed by atoms with Crippen LogP contribution in [0.25, 0.3) is 0 Å². The summed E-state index contributed by atoms with van der Waals surface area (Å²) in [6.07, 6.45) is 1.29. The molecule has 1 saturated heterocycles. The number of alkyl carbamates (subject to hydrolysis) is 1. The predicted octanol–water partition coefficient (Wildman–Crippen LogP) is 1.47. The smallest absolute Gasteiger partial charge is 0.408 e. The molecule has 2 N–H and O–H groups in total. The highest BCUT2D eigenvalue weighted by atomic mass is 16.6. The van der Waals surface area contributed by atoms with Crippen LogP contribution in [0.3, 0.4) is 0 Å². The molecule has 1 fully saturated rings.